The van der Waals surface area contributed by atoms with E-state index in [-0.39, 0.29) is 17.4 Å². The van der Waals surface area contributed by atoms with Gasteiger partial charge in [-0.25, -0.2) is 4.39 Å². The number of halogens is 1. The predicted octanol–water partition coefficient (Wildman–Crippen LogP) is 1.59. The SMILES string of the molecule is O=C(NCCc1ccccc1F)c1cccnn1. The Hall–Kier alpha value is -2.30. The van der Waals surface area contributed by atoms with Gasteiger partial charge in [0.25, 0.3) is 5.91 Å². The number of carbonyl (C=O) groups is 1. The summed E-state index contributed by atoms with van der Waals surface area (Å²) in [4.78, 5) is 11.6. The second kappa shape index (κ2) is 5.86. The number of nitrogens with one attached hydrogen (secondary N) is 1. The van der Waals surface area contributed by atoms with Crippen molar-refractivity contribution in [2.75, 3.05) is 6.54 Å². The molecule has 18 heavy (non-hydrogen) atoms. The summed E-state index contributed by atoms with van der Waals surface area (Å²) in [5.41, 5.74) is 0.836. The van der Waals surface area contributed by atoms with Crippen LogP contribution in [-0.4, -0.2) is 22.6 Å². The summed E-state index contributed by atoms with van der Waals surface area (Å²) < 4.78 is 13.3. The van der Waals surface area contributed by atoms with E-state index < -0.39 is 0 Å². The average molecular weight is 245 g/mol. The molecule has 4 nitrogen and oxygen atoms in total. The molecule has 0 bridgehead atoms. The van der Waals surface area contributed by atoms with Crippen LogP contribution in [0, 0.1) is 5.82 Å². The average Bonchev–Trinajstić information content (AvgIpc) is 2.42. The van der Waals surface area contributed by atoms with Gasteiger partial charge in [-0.1, -0.05) is 18.2 Å². The highest BCUT2D eigenvalue weighted by molar-refractivity contribution is 5.91. The summed E-state index contributed by atoms with van der Waals surface area (Å²) in [5.74, 6) is -0.564. The van der Waals surface area contributed by atoms with Crippen LogP contribution in [0.3, 0.4) is 0 Å². The Bertz CT molecular complexity index is 531. The molecule has 2 rings (SSSR count). The van der Waals surface area contributed by atoms with Crippen molar-refractivity contribution in [2.45, 2.75) is 6.42 Å². The van der Waals surface area contributed by atoms with Crippen molar-refractivity contribution in [3.05, 3.63) is 59.7 Å². The van der Waals surface area contributed by atoms with Crippen LogP contribution in [0.4, 0.5) is 4.39 Å². The summed E-state index contributed by atoms with van der Waals surface area (Å²) in [7, 11) is 0. The Kier molecular flexibility index (Phi) is 3.96. The zero-order valence-electron chi connectivity index (χ0n) is 9.64. The summed E-state index contributed by atoms with van der Waals surface area (Å²) in [6.45, 7) is 0.357. The number of benzene rings is 1. The van der Waals surface area contributed by atoms with E-state index in [9.17, 15) is 9.18 Å². The molecular formula is C13H12FN3O. The first-order valence-electron chi connectivity index (χ1n) is 5.56. The number of hydrogen-bond acceptors (Lipinski definition) is 3. The molecule has 0 radical (unpaired) electrons. The van der Waals surface area contributed by atoms with Gasteiger partial charge in [0.2, 0.25) is 0 Å². The van der Waals surface area contributed by atoms with Crippen molar-refractivity contribution in [1.29, 1.82) is 0 Å². The number of carbonyl (C=O) groups excluding carboxylic acids is 1. The molecule has 0 atom stereocenters. The smallest absolute Gasteiger partial charge is 0.271 e. The van der Waals surface area contributed by atoms with Gasteiger partial charge in [0.15, 0.2) is 5.69 Å². The van der Waals surface area contributed by atoms with E-state index in [2.05, 4.69) is 15.5 Å². The topological polar surface area (TPSA) is 54.9 Å². The monoisotopic (exact) mass is 245 g/mol. The van der Waals surface area contributed by atoms with E-state index in [1.165, 1.54) is 12.3 Å². The summed E-state index contributed by atoms with van der Waals surface area (Å²) >= 11 is 0. The van der Waals surface area contributed by atoms with Gasteiger partial charge in [-0.3, -0.25) is 4.79 Å². The molecule has 92 valence electrons. The van der Waals surface area contributed by atoms with E-state index in [0.717, 1.165) is 0 Å². The van der Waals surface area contributed by atoms with Gasteiger partial charge < -0.3 is 5.32 Å². The van der Waals surface area contributed by atoms with E-state index in [0.29, 0.717) is 18.5 Å². The largest absolute Gasteiger partial charge is 0.350 e. The fourth-order valence-corrected chi connectivity index (χ4v) is 1.53. The van der Waals surface area contributed by atoms with Gasteiger partial charge in [0.05, 0.1) is 0 Å². The third-order valence-electron chi connectivity index (χ3n) is 2.44. The van der Waals surface area contributed by atoms with Crippen molar-refractivity contribution in [3.63, 3.8) is 0 Å². The number of rotatable bonds is 4. The van der Waals surface area contributed by atoms with Gasteiger partial charge in [-0.2, -0.15) is 5.10 Å². The first-order chi connectivity index (χ1) is 8.77. The zero-order valence-corrected chi connectivity index (χ0v) is 9.64. The lowest BCUT2D eigenvalue weighted by atomic mass is 10.1. The molecule has 0 spiro atoms. The van der Waals surface area contributed by atoms with E-state index in [4.69, 9.17) is 0 Å². The molecule has 0 saturated heterocycles. The van der Waals surface area contributed by atoms with E-state index in [1.807, 2.05) is 0 Å². The van der Waals surface area contributed by atoms with Crippen molar-refractivity contribution >= 4 is 5.91 Å². The van der Waals surface area contributed by atoms with Crippen LogP contribution in [0.15, 0.2) is 42.6 Å². The fourth-order valence-electron chi connectivity index (χ4n) is 1.53. The molecule has 1 N–H and O–H groups in total. The number of nitrogens with zero attached hydrogens (tertiary/aromatic N) is 2. The normalized spacial score (nSPS) is 10.1. The van der Waals surface area contributed by atoms with Gasteiger partial charge in [0.1, 0.15) is 5.82 Å². The summed E-state index contributed by atoms with van der Waals surface area (Å²) in [6.07, 6.45) is 1.94. The maximum atomic E-state index is 13.3. The van der Waals surface area contributed by atoms with Crippen LogP contribution >= 0.6 is 0 Å². The highest BCUT2D eigenvalue weighted by atomic mass is 19.1. The molecule has 1 aromatic heterocycles. The quantitative estimate of drug-likeness (QED) is 0.889. The zero-order chi connectivity index (χ0) is 12.8. The van der Waals surface area contributed by atoms with E-state index in [1.54, 1.807) is 30.3 Å². The molecule has 0 aliphatic carbocycles. The Morgan fingerprint density at radius 1 is 1.22 bits per heavy atom. The summed E-state index contributed by atoms with van der Waals surface area (Å²) in [6, 6.07) is 9.72. The second-order valence-electron chi connectivity index (χ2n) is 3.71. The lowest BCUT2D eigenvalue weighted by molar-refractivity contribution is 0.0948. The predicted molar refractivity (Wildman–Crippen MR) is 64.5 cm³/mol. The fraction of sp³-hybridized carbons (Fsp3) is 0.154. The van der Waals surface area contributed by atoms with Crippen LogP contribution < -0.4 is 5.32 Å². The molecule has 0 unspecified atom stereocenters. The van der Waals surface area contributed by atoms with Crippen molar-refractivity contribution in [3.8, 4) is 0 Å². The number of aromatic nitrogens is 2. The maximum Gasteiger partial charge on any atom is 0.271 e. The highest BCUT2D eigenvalue weighted by Gasteiger charge is 2.06. The van der Waals surface area contributed by atoms with Gasteiger partial charge in [0, 0.05) is 12.7 Å². The van der Waals surface area contributed by atoms with Gasteiger partial charge >= 0.3 is 0 Å². The molecule has 0 fully saturated rings. The van der Waals surface area contributed by atoms with Crippen LogP contribution in [0.5, 0.6) is 0 Å². The van der Waals surface area contributed by atoms with Crippen LogP contribution in [0.1, 0.15) is 16.1 Å². The van der Waals surface area contributed by atoms with Crippen LogP contribution in [0.2, 0.25) is 0 Å². The standard InChI is InChI=1S/C13H12FN3O/c14-11-5-2-1-4-10(11)7-9-15-13(18)12-6-3-8-16-17-12/h1-6,8H,7,9H2,(H,15,18). The summed E-state index contributed by atoms with van der Waals surface area (Å²) in [5, 5.41) is 9.97. The molecule has 2 aromatic rings. The first-order valence-corrected chi connectivity index (χ1v) is 5.56. The molecule has 0 saturated carbocycles. The van der Waals surface area contributed by atoms with Crippen molar-refractivity contribution < 1.29 is 9.18 Å². The van der Waals surface area contributed by atoms with Crippen LogP contribution in [-0.2, 0) is 6.42 Å². The number of amides is 1. The molecule has 1 heterocycles. The van der Waals surface area contributed by atoms with Crippen LogP contribution in [0.25, 0.3) is 0 Å². The van der Waals surface area contributed by atoms with Crippen molar-refractivity contribution in [2.24, 2.45) is 0 Å². The van der Waals surface area contributed by atoms with E-state index >= 15 is 0 Å². The number of hydrogen-bond donors (Lipinski definition) is 1. The molecule has 1 aromatic carbocycles. The molecule has 1 amide bonds. The minimum atomic E-state index is -0.306. The Morgan fingerprint density at radius 2 is 2.06 bits per heavy atom. The van der Waals surface area contributed by atoms with Gasteiger partial charge in [-0.05, 0) is 30.2 Å². The van der Waals surface area contributed by atoms with Gasteiger partial charge in [-0.15, -0.1) is 5.10 Å². The molecular weight excluding hydrogens is 233 g/mol. The Morgan fingerprint density at radius 3 is 2.78 bits per heavy atom. The molecule has 5 heteroatoms. The lowest BCUT2D eigenvalue weighted by Crippen LogP contribution is -2.26. The lowest BCUT2D eigenvalue weighted by Gasteiger charge is -2.05. The van der Waals surface area contributed by atoms with Crippen molar-refractivity contribution in [1.82, 2.24) is 15.5 Å². The maximum absolute atomic E-state index is 13.3. The highest BCUT2D eigenvalue weighted by Crippen LogP contribution is 2.06. The Labute approximate surface area is 104 Å². The third-order valence-corrected chi connectivity index (χ3v) is 2.44. The molecule has 0 aliphatic rings. The Balaban J connectivity index is 1.86. The minimum absolute atomic E-state index is 0.256. The molecule has 0 aliphatic heterocycles. The first kappa shape index (κ1) is 12.2. The second-order valence-corrected chi connectivity index (χ2v) is 3.71. The third kappa shape index (κ3) is 3.10. The minimum Gasteiger partial charge on any atom is -0.350 e.